The topological polar surface area (TPSA) is 64.5 Å². The Kier molecular flexibility index (Phi) is 3.83. The lowest BCUT2D eigenvalue weighted by Crippen LogP contribution is -2.21. The molecule has 0 spiro atoms. The average Bonchev–Trinajstić information content (AvgIpc) is 2.53. The van der Waals surface area contributed by atoms with Gasteiger partial charge in [0, 0.05) is 23.5 Å². The van der Waals surface area contributed by atoms with E-state index in [1.165, 1.54) is 0 Å². The molecule has 1 heterocycles. The van der Waals surface area contributed by atoms with Crippen molar-refractivity contribution in [3.63, 3.8) is 0 Å². The van der Waals surface area contributed by atoms with Crippen molar-refractivity contribution in [2.45, 2.75) is 0 Å². The Balaban J connectivity index is 2.01. The number of hydrogen-bond acceptors (Lipinski definition) is 4. The predicted molar refractivity (Wildman–Crippen MR) is 87.6 cm³/mol. The lowest BCUT2D eigenvalue weighted by atomic mass is 10.1. The lowest BCUT2D eigenvalue weighted by Gasteiger charge is -2.18. The predicted octanol–water partition coefficient (Wildman–Crippen LogP) is 3.14. The first-order chi connectivity index (χ1) is 10.7. The molecule has 0 atom stereocenters. The molecule has 0 bridgehead atoms. The first kappa shape index (κ1) is 13.8. The second-order valence-corrected chi connectivity index (χ2v) is 4.86. The number of phenols is 2. The number of rotatable bonds is 2. The van der Waals surface area contributed by atoms with Gasteiger partial charge in [-0.3, -0.25) is 0 Å². The van der Waals surface area contributed by atoms with Crippen LogP contribution < -0.4 is 10.6 Å². The Hall–Kier alpha value is -3.14. The average molecular weight is 292 g/mol. The SMILES string of the molecule is Oc1ccccc1C=C1NC=CNC1=Cc1ccccc1O. The Morgan fingerprint density at radius 2 is 1.05 bits per heavy atom. The van der Waals surface area contributed by atoms with Crippen LogP contribution in [0.3, 0.4) is 0 Å². The van der Waals surface area contributed by atoms with Crippen molar-refractivity contribution in [1.29, 1.82) is 0 Å². The van der Waals surface area contributed by atoms with E-state index in [9.17, 15) is 10.2 Å². The van der Waals surface area contributed by atoms with Crippen molar-refractivity contribution in [1.82, 2.24) is 10.6 Å². The third-order valence-corrected chi connectivity index (χ3v) is 3.32. The van der Waals surface area contributed by atoms with Crippen molar-refractivity contribution >= 4 is 12.2 Å². The van der Waals surface area contributed by atoms with E-state index >= 15 is 0 Å². The van der Waals surface area contributed by atoms with E-state index in [-0.39, 0.29) is 11.5 Å². The zero-order valence-electron chi connectivity index (χ0n) is 11.8. The summed E-state index contributed by atoms with van der Waals surface area (Å²) in [6, 6.07) is 14.2. The van der Waals surface area contributed by atoms with Gasteiger partial charge in [0.25, 0.3) is 0 Å². The van der Waals surface area contributed by atoms with Crippen LogP contribution in [0.4, 0.5) is 0 Å². The van der Waals surface area contributed by atoms with Crippen molar-refractivity contribution in [2.75, 3.05) is 0 Å². The summed E-state index contributed by atoms with van der Waals surface area (Å²) < 4.78 is 0. The van der Waals surface area contributed by atoms with Crippen molar-refractivity contribution in [3.8, 4) is 11.5 Å². The summed E-state index contributed by atoms with van der Waals surface area (Å²) in [5.74, 6) is 0.432. The first-order valence-corrected chi connectivity index (χ1v) is 6.92. The maximum Gasteiger partial charge on any atom is 0.122 e. The van der Waals surface area contributed by atoms with Gasteiger partial charge in [0.1, 0.15) is 11.5 Å². The normalized spacial score (nSPS) is 17.3. The molecule has 22 heavy (non-hydrogen) atoms. The van der Waals surface area contributed by atoms with E-state index in [0.29, 0.717) is 11.1 Å². The highest BCUT2D eigenvalue weighted by Gasteiger charge is 2.09. The van der Waals surface area contributed by atoms with Crippen LogP contribution in [0.5, 0.6) is 11.5 Å². The van der Waals surface area contributed by atoms with Gasteiger partial charge in [0.15, 0.2) is 0 Å². The van der Waals surface area contributed by atoms with E-state index < -0.39 is 0 Å². The number of hydrogen-bond donors (Lipinski definition) is 4. The van der Waals surface area contributed by atoms with Gasteiger partial charge >= 0.3 is 0 Å². The minimum atomic E-state index is 0.216. The minimum absolute atomic E-state index is 0.216. The molecule has 4 N–H and O–H groups in total. The third-order valence-electron chi connectivity index (χ3n) is 3.32. The molecule has 0 saturated heterocycles. The highest BCUT2D eigenvalue weighted by atomic mass is 16.3. The summed E-state index contributed by atoms with van der Waals surface area (Å²) in [5, 5.41) is 26.1. The summed E-state index contributed by atoms with van der Waals surface area (Å²) in [6.45, 7) is 0. The molecule has 0 fully saturated rings. The van der Waals surface area contributed by atoms with Gasteiger partial charge in [-0.2, -0.15) is 0 Å². The van der Waals surface area contributed by atoms with E-state index in [2.05, 4.69) is 10.6 Å². The largest absolute Gasteiger partial charge is 0.507 e. The molecule has 0 radical (unpaired) electrons. The zero-order chi connectivity index (χ0) is 15.4. The molecule has 0 aliphatic carbocycles. The molecule has 0 amide bonds. The van der Waals surface area contributed by atoms with Gasteiger partial charge in [-0.15, -0.1) is 0 Å². The number of para-hydroxylation sites is 2. The molecule has 4 heteroatoms. The number of aromatic hydroxyl groups is 2. The molecule has 2 aromatic carbocycles. The van der Waals surface area contributed by atoms with E-state index in [0.717, 1.165) is 11.4 Å². The van der Waals surface area contributed by atoms with Crippen molar-refractivity contribution in [2.24, 2.45) is 0 Å². The van der Waals surface area contributed by atoms with Gasteiger partial charge in [-0.25, -0.2) is 0 Å². The zero-order valence-corrected chi connectivity index (χ0v) is 11.8. The smallest absolute Gasteiger partial charge is 0.122 e. The number of nitrogens with one attached hydrogen (secondary N) is 2. The van der Waals surface area contributed by atoms with E-state index in [1.807, 2.05) is 36.4 Å². The quantitative estimate of drug-likeness (QED) is 0.686. The standard InChI is InChI=1S/C18H16N2O2/c21-17-7-3-1-5-13(17)11-15-16(20-10-9-19-15)12-14-6-2-4-8-18(14)22/h1-12,19-22H. The summed E-state index contributed by atoms with van der Waals surface area (Å²) in [7, 11) is 0. The van der Waals surface area contributed by atoms with Crippen LogP contribution in [-0.2, 0) is 0 Å². The van der Waals surface area contributed by atoms with Crippen LogP contribution in [0.2, 0.25) is 0 Å². The fourth-order valence-electron chi connectivity index (χ4n) is 2.19. The summed E-state index contributed by atoms with van der Waals surface area (Å²) in [5.41, 5.74) is 3.02. The minimum Gasteiger partial charge on any atom is -0.507 e. The van der Waals surface area contributed by atoms with Gasteiger partial charge < -0.3 is 20.8 Å². The van der Waals surface area contributed by atoms with Gasteiger partial charge in [-0.05, 0) is 24.3 Å². The maximum absolute atomic E-state index is 9.89. The fourth-order valence-corrected chi connectivity index (χ4v) is 2.19. The molecule has 0 unspecified atom stereocenters. The van der Waals surface area contributed by atoms with Crippen LogP contribution in [0.1, 0.15) is 11.1 Å². The van der Waals surface area contributed by atoms with Gasteiger partial charge in [0.05, 0.1) is 11.4 Å². The molecule has 0 aromatic heterocycles. The molecular weight excluding hydrogens is 276 g/mol. The second-order valence-electron chi connectivity index (χ2n) is 4.86. The molecule has 2 aromatic rings. The Morgan fingerprint density at radius 3 is 1.45 bits per heavy atom. The fraction of sp³-hybridized carbons (Fsp3) is 0. The van der Waals surface area contributed by atoms with Gasteiger partial charge in [0.2, 0.25) is 0 Å². The summed E-state index contributed by atoms with van der Waals surface area (Å²) in [6.07, 6.45) is 7.23. The highest BCUT2D eigenvalue weighted by molar-refractivity contribution is 5.70. The van der Waals surface area contributed by atoms with Crippen LogP contribution in [-0.4, -0.2) is 10.2 Å². The Bertz CT molecular complexity index is 711. The monoisotopic (exact) mass is 292 g/mol. The van der Waals surface area contributed by atoms with E-state index in [4.69, 9.17) is 0 Å². The van der Waals surface area contributed by atoms with Gasteiger partial charge in [-0.1, -0.05) is 36.4 Å². The summed E-state index contributed by atoms with van der Waals surface area (Å²) in [4.78, 5) is 0. The van der Waals surface area contributed by atoms with Crippen LogP contribution in [0.25, 0.3) is 12.2 Å². The van der Waals surface area contributed by atoms with Crippen LogP contribution in [0.15, 0.2) is 72.3 Å². The molecular formula is C18H16N2O2. The number of phenolic OH excluding ortho intramolecular Hbond substituents is 2. The molecule has 4 nitrogen and oxygen atoms in total. The van der Waals surface area contributed by atoms with Crippen LogP contribution in [0, 0.1) is 0 Å². The number of benzene rings is 2. The van der Waals surface area contributed by atoms with E-state index in [1.54, 1.807) is 36.7 Å². The summed E-state index contributed by atoms with van der Waals surface area (Å²) >= 11 is 0. The Morgan fingerprint density at radius 1 is 0.636 bits per heavy atom. The molecule has 1 aliphatic rings. The molecule has 1 aliphatic heterocycles. The third kappa shape index (κ3) is 2.96. The first-order valence-electron chi connectivity index (χ1n) is 6.92. The van der Waals surface area contributed by atoms with Crippen molar-refractivity contribution in [3.05, 3.63) is 83.5 Å². The second kappa shape index (κ2) is 6.10. The highest BCUT2D eigenvalue weighted by Crippen LogP contribution is 2.24. The Labute approximate surface area is 128 Å². The maximum atomic E-state index is 9.89. The molecule has 110 valence electrons. The molecule has 0 saturated carbocycles. The van der Waals surface area contributed by atoms with Crippen molar-refractivity contribution < 1.29 is 10.2 Å². The molecule has 3 rings (SSSR count). The lowest BCUT2D eigenvalue weighted by molar-refractivity contribution is 0.473. The van der Waals surface area contributed by atoms with Crippen LogP contribution >= 0.6 is 0 Å².